The second-order valence-electron chi connectivity index (χ2n) is 2.22. The molecule has 0 unspecified atom stereocenters. The number of fused-ring (bicyclic) bond motifs is 1. The van der Waals surface area contributed by atoms with Crippen molar-refractivity contribution in [1.82, 2.24) is 0 Å². The molecule has 0 nitrogen and oxygen atoms in total. The van der Waals surface area contributed by atoms with Crippen molar-refractivity contribution in [1.29, 1.82) is 0 Å². The molecule has 0 bridgehead atoms. The molecular weight excluding hydrogens is 139 g/mol. The fraction of sp³-hybridized carbons (Fsp3) is 0. The zero-order valence-corrected chi connectivity index (χ0v) is 6.19. The van der Waals surface area contributed by atoms with E-state index in [1.165, 1.54) is 10.1 Å². The van der Waals surface area contributed by atoms with E-state index in [1.54, 1.807) is 11.3 Å². The van der Waals surface area contributed by atoms with Gasteiger partial charge in [0.2, 0.25) is 0 Å². The van der Waals surface area contributed by atoms with Crippen LogP contribution in [0.4, 0.5) is 0 Å². The highest BCUT2D eigenvalue weighted by Gasteiger charge is 1.91. The highest BCUT2D eigenvalue weighted by molar-refractivity contribution is 7.17. The Hall–Kier alpha value is -0.755. The topological polar surface area (TPSA) is 0 Å². The van der Waals surface area contributed by atoms with Crippen LogP contribution in [0.15, 0.2) is 29.6 Å². The van der Waals surface area contributed by atoms with Crippen LogP contribution in [-0.2, 0) is 0 Å². The van der Waals surface area contributed by atoms with E-state index < -0.39 is 0 Å². The third-order valence-electron chi connectivity index (χ3n) is 1.48. The molecule has 2 radical (unpaired) electrons. The Morgan fingerprint density at radius 1 is 1.20 bits per heavy atom. The Morgan fingerprint density at radius 3 is 3.00 bits per heavy atom. The molecule has 1 aromatic carbocycles. The maximum Gasteiger partial charge on any atom is 0.113 e. The summed E-state index contributed by atoms with van der Waals surface area (Å²) in [5.74, 6) is 0. The Kier molecular flexibility index (Phi) is 1.28. The largest absolute Gasteiger partial charge is 0.144 e. The average Bonchev–Trinajstić information content (AvgIpc) is 2.33. The molecule has 0 saturated carbocycles. The minimum atomic E-state index is 0.839. The van der Waals surface area contributed by atoms with Gasteiger partial charge in [-0.1, -0.05) is 17.6 Å². The van der Waals surface area contributed by atoms with Gasteiger partial charge in [0, 0.05) is 4.70 Å². The van der Waals surface area contributed by atoms with Crippen LogP contribution < -0.4 is 5.46 Å². The molecule has 2 aromatic rings. The van der Waals surface area contributed by atoms with E-state index in [1.807, 2.05) is 12.1 Å². The first kappa shape index (κ1) is 5.99. The smallest absolute Gasteiger partial charge is 0.113 e. The normalized spacial score (nSPS) is 10.4. The minimum absolute atomic E-state index is 0.839. The van der Waals surface area contributed by atoms with Crippen LogP contribution in [-0.4, -0.2) is 7.85 Å². The Morgan fingerprint density at radius 2 is 2.10 bits per heavy atom. The van der Waals surface area contributed by atoms with Gasteiger partial charge in [0.1, 0.15) is 7.85 Å². The van der Waals surface area contributed by atoms with E-state index in [0.717, 1.165) is 5.46 Å². The van der Waals surface area contributed by atoms with E-state index in [2.05, 4.69) is 17.5 Å². The first-order chi connectivity index (χ1) is 4.86. The van der Waals surface area contributed by atoms with Crippen LogP contribution in [0.25, 0.3) is 10.1 Å². The molecule has 0 amide bonds. The monoisotopic (exact) mass is 144 g/mol. The van der Waals surface area contributed by atoms with Gasteiger partial charge >= 0.3 is 0 Å². The lowest BCUT2D eigenvalue weighted by Crippen LogP contribution is -1.98. The van der Waals surface area contributed by atoms with Crippen molar-refractivity contribution in [3.8, 4) is 0 Å². The predicted molar refractivity (Wildman–Crippen MR) is 47.2 cm³/mol. The lowest BCUT2D eigenvalue weighted by Gasteiger charge is -1.90. The number of benzene rings is 1. The van der Waals surface area contributed by atoms with Crippen molar-refractivity contribution in [2.45, 2.75) is 0 Å². The van der Waals surface area contributed by atoms with Gasteiger partial charge in [-0.2, -0.15) is 0 Å². The first-order valence-corrected chi connectivity index (χ1v) is 3.97. The third kappa shape index (κ3) is 0.849. The van der Waals surface area contributed by atoms with Crippen LogP contribution in [0.2, 0.25) is 0 Å². The molecule has 1 aromatic heterocycles. The standard InChI is InChI=1S/C8H5BS/c9-7-1-2-8-6(5-7)3-4-10-8/h1-5H. The summed E-state index contributed by atoms with van der Waals surface area (Å²) < 4.78 is 1.30. The van der Waals surface area contributed by atoms with Crippen molar-refractivity contribution >= 4 is 34.7 Å². The number of thiophene rings is 1. The van der Waals surface area contributed by atoms with Crippen molar-refractivity contribution in [2.24, 2.45) is 0 Å². The van der Waals surface area contributed by atoms with Crippen LogP contribution in [0.3, 0.4) is 0 Å². The van der Waals surface area contributed by atoms with E-state index in [9.17, 15) is 0 Å². The van der Waals surface area contributed by atoms with Gasteiger partial charge in [-0.05, 0) is 22.9 Å². The van der Waals surface area contributed by atoms with Gasteiger partial charge in [0.15, 0.2) is 0 Å². The maximum absolute atomic E-state index is 5.59. The second kappa shape index (κ2) is 2.13. The molecule has 2 heteroatoms. The van der Waals surface area contributed by atoms with E-state index in [4.69, 9.17) is 7.85 Å². The minimum Gasteiger partial charge on any atom is -0.144 e. The molecule has 0 atom stereocenters. The van der Waals surface area contributed by atoms with Crippen molar-refractivity contribution in [3.63, 3.8) is 0 Å². The SMILES string of the molecule is [B]c1ccc2sccc2c1. The van der Waals surface area contributed by atoms with Gasteiger partial charge in [-0.25, -0.2) is 0 Å². The lowest BCUT2D eigenvalue weighted by atomic mass is 9.95. The molecule has 1 heterocycles. The van der Waals surface area contributed by atoms with Crippen LogP contribution in [0.1, 0.15) is 0 Å². The van der Waals surface area contributed by atoms with E-state index >= 15 is 0 Å². The van der Waals surface area contributed by atoms with E-state index in [0.29, 0.717) is 0 Å². The molecule has 46 valence electrons. The molecule has 0 aliphatic carbocycles. The molecule has 0 aliphatic heterocycles. The number of hydrogen-bond acceptors (Lipinski definition) is 1. The third-order valence-corrected chi connectivity index (χ3v) is 2.37. The summed E-state index contributed by atoms with van der Waals surface area (Å²) in [7, 11) is 5.59. The molecule has 0 aliphatic rings. The van der Waals surface area contributed by atoms with Gasteiger partial charge in [0.05, 0.1) is 0 Å². The number of hydrogen-bond donors (Lipinski definition) is 0. The predicted octanol–water partition coefficient (Wildman–Crippen LogP) is 1.70. The zero-order chi connectivity index (χ0) is 6.97. The average molecular weight is 144 g/mol. The summed E-state index contributed by atoms with van der Waals surface area (Å²) in [6, 6.07) is 8.05. The maximum atomic E-state index is 5.59. The summed E-state index contributed by atoms with van der Waals surface area (Å²) in [6.07, 6.45) is 0. The Bertz CT molecular complexity index is 351. The van der Waals surface area contributed by atoms with E-state index in [-0.39, 0.29) is 0 Å². The lowest BCUT2D eigenvalue weighted by molar-refractivity contribution is 1.94. The Balaban J connectivity index is 2.86. The summed E-state index contributed by atoms with van der Waals surface area (Å²) in [6.45, 7) is 0. The molecule has 2 rings (SSSR count). The fourth-order valence-corrected chi connectivity index (χ4v) is 1.76. The molecule has 0 fully saturated rings. The van der Waals surface area contributed by atoms with Crippen molar-refractivity contribution < 1.29 is 0 Å². The first-order valence-electron chi connectivity index (χ1n) is 3.09. The van der Waals surface area contributed by atoms with Gasteiger partial charge in [-0.3, -0.25) is 0 Å². The molecule has 0 N–H and O–H groups in total. The van der Waals surface area contributed by atoms with Gasteiger partial charge < -0.3 is 0 Å². The summed E-state index contributed by atoms with van der Waals surface area (Å²) in [4.78, 5) is 0. The van der Waals surface area contributed by atoms with Crippen LogP contribution in [0, 0.1) is 0 Å². The Labute approximate surface area is 64.9 Å². The number of rotatable bonds is 0. The van der Waals surface area contributed by atoms with Crippen LogP contribution in [0.5, 0.6) is 0 Å². The zero-order valence-electron chi connectivity index (χ0n) is 5.37. The summed E-state index contributed by atoms with van der Waals surface area (Å²) in [5, 5.41) is 3.31. The highest BCUT2D eigenvalue weighted by atomic mass is 32.1. The second-order valence-corrected chi connectivity index (χ2v) is 3.17. The summed E-state index contributed by atoms with van der Waals surface area (Å²) >= 11 is 1.74. The molecule has 0 spiro atoms. The quantitative estimate of drug-likeness (QED) is 0.493. The fourth-order valence-electron chi connectivity index (χ4n) is 0.985. The van der Waals surface area contributed by atoms with Crippen LogP contribution >= 0.6 is 11.3 Å². The van der Waals surface area contributed by atoms with Gasteiger partial charge in [0.25, 0.3) is 0 Å². The molecule has 10 heavy (non-hydrogen) atoms. The van der Waals surface area contributed by atoms with Gasteiger partial charge in [-0.15, -0.1) is 11.3 Å². The molecule has 0 saturated heterocycles. The van der Waals surface area contributed by atoms with Crippen molar-refractivity contribution in [3.05, 3.63) is 29.6 Å². The highest BCUT2D eigenvalue weighted by Crippen LogP contribution is 2.17. The van der Waals surface area contributed by atoms with Crippen molar-refractivity contribution in [2.75, 3.05) is 0 Å². The molecular formula is C8H5BS. The summed E-state index contributed by atoms with van der Waals surface area (Å²) in [5.41, 5.74) is 0.839.